The Bertz CT molecular complexity index is 1460. The van der Waals surface area contributed by atoms with Gasteiger partial charge in [0.05, 0.1) is 35.1 Å². The Hall–Kier alpha value is -3.25. The number of benzene rings is 2. The Morgan fingerprint density at radius 3 is 2.35 bits per heavy atom. The minimum atomic E-state index is -0.372. The maximum absolute atomic E-state index is 13.7. The van der Waals surface area contributed by atoms with Crippen LogP contribution < -0.4 is 4.57 Å². The lowest BCUT2D eigenvalue weighted by molar-refractivity contribution is -0.598. The van der Waals surface area contributed by atoms with Gasteiger partial charge in [0, 0.05) is 27.9 Å². The number of ether oxygens (including phenoxy) is 1. The Kier molecular flexibility index (Phi) is 8.93. The van der Waals surface area contributed by atoms with Crippen LogP contribution in [-0.4, -0.2) is 18.4 Å². The summed E-state index contributed by atoms with van der Waals surface area (Å²) in [5, 5.41) is 9.09. The first kappa shape index (κ1) is 26.8. The number of nitrogens with zero attached hydrogens (tertiary/aromatic N) is 2. The summed E-state index contributed by atoms with van der Waals surface area (Å²) >= 11 is 6.43. The third kappa shape index (κ3) is 6.55. The molecule has 2 aromatic carbocycles. The number of carbonyl (C=O) groups excluding carboxylic acids is 2. The fraction of sp³-hybridized carbons (Fsp3) is 0.172. The van der Waals surface area contributed by atoms with E-state index in [4.69, 9.17) is 10.00 Å². The Labute approximate surface area is 232 Å². The zero-order valence-corrected chi connectivity index (χ0v) is 23.6. The van der Waals surface area contributed by atoms with E-state index in [9.17, 15) is 9.59 Å². The van der Waals surface area contributed by atoms with Gasteiger partial charge in [-0.2, -0.15) is 9.83 Å². The molecule has 0 amide bonds. The van der Waals surface area contributed by atoms with E-state index in [-0.39, 0.29) is 24.8 Å². The van der Waals surface area contributed by atoms with E-state index in [2.05, 4.69) is 22.0 Å². The maximum Gasteiger partial charge on any atom is 0.310 e. The molecule has 0 aliphatic rings. The van der Waals surface area contributed by atoms with Gasteiger partial charge in [-0.15, -0.1) is 23.1 Å². The number of hydrogen-bond donors (Lipinski definition) is 0. The SMILES string of the molecule is CCOC(=O)Cc1c(C(=O)c2ccc(Br)cc2)sc(SCc2ccc(C#N)cc2)c1-[n+]1ccc(C)cc1. The molecule has 2 heterocycles. The normalized spacial score (nSPS) is 10.6. The van der Waals surface area contributed by atoms with Gasteiger partial charge in [-0.1, -0.05) is 28.1 Å². The predicted molar refractivity (Wildman–Crippen MR) is 149 cm³/mol. The summed E-state index contributed by atoms with van der Waals surface area (Å²) in [4.78, 5) is 26.9. The van der Waals surface area contributed by atoms with Crippen LogP contribution in [0.25, 0.3) is 5.69 Å². The lowest BCUT2D eigenvalue weighted by Gasteiger charge is -2.06. The molecule has 8 heteroatoms. The van der Waals surface area contributed by atoms with Gasteiger partial charge in [0.25, 0.3) is 0 Å². The van der Waals surface area contributed by atoms with E-state index >= 15 is 0 Å². The molecule has 37 heavy (non-hydrogen) atoms. The van der Waals surface area contributed by atoms with Crippen molar-refractivity contribution in [2.24, 2.45) is 0 Å². The molecule has 0 fully saturated rings. The number of pyridine rings is 1. The van der Waals surface area contributed by atoms with Crippen molar-refractivity contribution in [2.45, 2.75) is 30.2 Å². The zero-order chi connectivity index (χ0) is 26.4. The van der Waals surface area contributed by atoms with Crippen molar-refractivity contribution in [1.82, 2.24) is 0 Å². The van der Waals surface area contributed by atoms with E-state index in [0.29, 0.717) is 27.3 Å². The minimum absolute atomic E-state index is 0.00439. The minimum Gasteiger partial charge on any atom is -0.466 e. The molecule has 0 unspecified atom stereocenters. The topological polar surface area (TPSA) is 71.0 Å². The van der Waals surface area contributed by atoms with Gasteiger partial charge in [0.15, 0.2) is 12.4 Å². The van der Waals surface area contributed by atoms with E-state index < -0.39 is 0 Å². The molecular weight excluding hydrogens is 568 g/mol. The number of halogens is 1. The molecule has 0 spiro atoms. The number of rotatable bonds is 9. The van der Waals surface area contributed by atoms with E-state index in [1.165, 1.54) is 11.3 Å². The number of ketones is 1. The van der Waals surface area contributed by atoms with Crippen LogP contribution in [0.5, 0.6) is 0 Å². The average Bonchev–Trinajstić information content (AvgIpc) is 3.26. The van der Waals surface area contributed by atoms with Gasteiger partial charge in [-0.3, -0.25) is 9.59 Å². The summed E-state index contributed by atoms with van der Waals surface area (Å²) in [6, 6.07) is 20.8. The number of esters is 1. The Morgan fingerprint density at radius 1 is 1.05 bits per heavy atom. The largest absolute Gasteiger partial charge is 0.466 e. The first-order chi connectivity index (χ1) is 17.9. The van der Waals surface area contributed by atoms with Crippen molar-refractivity contribution in [1.29, 1.82) is 5.26 Å². The highest BCUT2D eigenvalue weighted by molar-refractivity contribution is 9.10. The summed E-state index contributed by atoms with van der Waals surface area (Å²) in [6.07, 6.45) is 3.90. The van der Waals surface area contributed by atoms with Crippen molar-refractivity contribution < 1.29 is 18.9 Å². The van der Waals surface area contributed by atoms with Crippen LogP contribution in [0, 0.1) is 18.3 Å². The van der Waals surface area contributed by atoms with Gasteiger partial charge < -0.3 is 4.74 Å². The molecule has 0 saturated carbocycles. The van der Waals surface area contributed by atoms with Gasteiger partial charge in [-0.25, -0.2) is 0 Å². The maximum atomic E-state index is 13.7. The van der Waals surface area contributed by atoms with Crippen molar-refractivity contribution >= 4 is 50.8 Å². The van der Waals surface area contributed by atoms with E-state index in [1.54, 1.807) is 43.0 Å². The lowest BCUT2D eigenvalue weighted by atomic mass is 10.0. The van der Waals surface area contributed by atoms with Crippen molar-refractivity contribution in [3.8, 4) is 11.8 Å². The third-order valence-corrected chi connectivity index (χ3v) is 8.67. The van der Waals surface area contributed by atoms with Gasteiger partial charge >= 0.3 is 5.97 Å². The summed E-state index contributed by atoms with van der Waals surface area (Å²) < 4.78 is 9.06. The fourth-order valence-corrected chi connectivity index (χ4v) is 6.50. The molecule has 0 N–H and O–H groups in total. The monoisotopic (exact) mass is 591 g/mol. The average molecular weight is 593 g/mol. The molecule has 0 saturated heterocycles. The van der Waals surface area contributed by atoms with Crippen LogP contribution >= 0.6 is 39.0 Å². The van der Waals surface area contributed by atoms with Gasteiger partial charge in [0.2, 0.25) is 11.5 Å². The molecule has 0 aliphatic heterocycles. The van der Waals surface area contributed by atoms with Crippen molar-refractivity contribution in [3.63, 3.8) is 0 Å². The van der Waals surface area contributed by atoms with E-state index in [1.807, 2.05) is 60.3 Å². The molecule has 0 radical (unpaired) electrons. The van der Waals surface area contributed by atoms with Crippen LogP contribution in [-0.2, 0) is 21.7 Å². The molecule has 186 valence electrons. The van der Waals surface area contributed by atoms with Gasteiger partial charge in [-0.05, 0) is 61.4 Å². The quantitative estimate of drug-likeness (QED) is 0.0949. The number of hydrogen-bond acceptors (Lipinski definition) is 6. The molecule has 0 aliphatic carbocycles. The summed E-state index contributed by atoms with van der Waals surface area (Å²) in [5.41, 5.74) is 4.81. The molecular formula is C29H24BrN2O3S2+. The molecule has 4 aromatic rings. The van der Waals surface area contributed by atoms with E-state index in [0.717, 1.165) is 25.5 Å². The number of carbonyl (C=O) groups is 2. The summed E-state index contributed by atoms with van der Waals surface area (Å²) in [6.45, 7) is 4.06. The highest BCUT2D eigenvalue weighted by atomic mass is 79.9. The fourth-order valence-electron chi connectivity index (χ4n) is 3.70. The van der Waals surface area contributed by atoms with Gasteiger partial charge in [0.1, 0.15) is 4.21 Å². The zero-order valence-electron chi connectivity index (χ0n) is 20.4. The predicted octanol–water partition coefficient (Wildman–Crippen LogP) is 6.60. The van der Waals surface area contributed by atoms with Crippen LogP contribution in [0.4, 0.5) is 0 Å². The number of aryl methyl sites for hydroxylation is 1. The third-order valence-electron chi connectivity index (χ3n) is 5.59. The number of thioether (sulfide) groups is 1. The van der Waals surface area contributed by atoms with Crippen LogP contribution in [0.3, 0.4) is 0 Å². The standard InChI is InChI=1S/C29H24BrN2O3S2/c1-3-35-25(33)16-24-26(32-14-12-19(2)13-15-32)29(36-18-21-6-4-20(17-31)5-7-21)37-28(24)27(34)22-8-10-23(30)11-9-22/h4-15H,3,16,18H2,1-2H3/q+1. The summed E-state index contributed by atoms with van der Waals surface area (Å²) in [5.74, 6) is 0.148. The molecule has 4 rings (SSSR count). The lowest BCUT2D eigenvalue weighted by Crippen LogP contribution is -2.31. The number of nitriles is 1. The second kappa shape index (κ2) is 12.3. The highest BCUT2D eigenvalue weighted by Gasteiger charge is 2.31. The number of aromatic nitrogens is 1. The Balaban J connectivity index is 1.82. The van der Waals surface area contributed by atoms with Crippen molar-refractivity contribution in [3.05, 3.63) is 110 Å². The van der Waals surface area contributed by atoms with Crippen LogP contribution in [0.1, 0.15) is 44.4 Å². The first-order valence-electron chi connectivity index (χ1n) is 11.6. The highest BCUT2D eigenvalue weighted by Crippen LogP contribution is 2.40. The smallest absolute Gasteiger partial charge is 0.310 e. The second-order valence-corrected chi connectivity index (χ2v) is 11.4. The molecule has 0 atom stereocenters. The van der Waals surface area contributed by atoms with Crippen molar-refractivity contribution in [2.75, 3.05) is 6.61 Å². The first-order valence-corrected chi connectivity index (χ1v) is 14.2. The molecule has 2 aromatic heterocycles. The number of thiophene rings is 1. The summed E-state index contributed by atoms with van der Waals surface area (Å²) in [7, 11) is 0. The Morgan fingerprint density at radius 2 is 1.73 bits per heavy atom. The second-order valence-electron chi connectivity index (χ2n) is 8.24. The van der Waals surface area contributed by atoms with Crippen LogP contribution in [0.15, 0.2) is 81.7 Å². The van der Waals surface area contributed by atoms with Crippen LogP contribution in [0.2, 0.25) is 0 Å². The molecule has 0 bridgehead atoms. The molecule has 5 nitrogen and oxygen atoms in total.